The Kier molecular flexibility index (Phi) is 5.91. The van der Waals surface area contributed by atoms with E-state index in [-0.39, 0.29) is 0 Å². The van der Waals surface area contributed by atoms with Crippen LogP contribution in [-0.4, -0.2) is 73.1 Å². The van der Waals surface area contributed by atoms with E-state index in [1.165, 1.54) is 9.84 Å². The second-order valence-electron chi connectivity index (χ2n) is 7.76. The van der Waals surface area contributed by atoms with Gasteiger partial charge in [-0.05, 0) is 0 Å². The van der Waals surface area contributed by atoms with E-state index in [9.17, 15) is 8.42 Å². The van der Waals surface area contributed by atoms with Crippen molar-refractivity contribution in [2.45, 2.75) is 4.90 Å². The number of sulfone groups is 1. The molecular formula is C23H22N4O3SSn. The number of hydrogen-bond acceptors (Lipinski definition) is 7. The number of ether oxygens (including phenoxy) is 1. The van der Waals surface area contributed by atoms with Crippen molar-refractivity contribution >= 4 is 57.7 Å². The molecule has 32 heavy (non-hydrogen) atoms. The maximum absolute atomic E-state index is 11.9. The first-order valence-corrected chi connectivity index (χ1v) is 14.9. The van der Waals surface area contributed by atoms with E-state index in [1.807, 2.05) is 24.4 Å². The number of benzene rings is 2. The fourth-order valence-electron chi connectivity index (χ4n) is 3.81. The Bertz CT molecular complexity index is 1300. The molecule has 2 aliphatic rings. The summed E-state index contributed by atoms with van der Waals surface area (Å²) < 4.78 is 35.5. The first-order chi connectivity index (χ1) is 15.5. The standard InChI is InChI=1S/C23H22N4O3S.Sn/c1-31(28,29)21-7-3-6-20(16-21)26-19-5-2-4-17(14-19)23(24)18-8-9-25-22(15-18)27-10-12-30-13-11-27;/h2-3,5-9,14-16,26H,10-13H2,1H3;/q-1;+1. The average Bonchev–Trinajstić information content (AvgIpc) is 3.23. The van der Waals surface area contributed by atoms with Gasteiger partial charge in [-0.3, -0.25) is 0 Å². The van der Waals surface area contributed by atoms with Crippen LogP contribution in [0.5, 0.6) is 0 Å². The Morgan fingerprint density at radius 3 is 2.66 bits per heavy atom. The van der Waals surface area contributed by atoms with Crippen molar-refractivity contribution < 1.29 is 13.2 Å². The van der Waals surface area contributed by atoms with Gasteiger partial charge in [0.05, 0.1) is 0 Å². The van der Waals surface area contributed by atoms with E-state index < -0.39 is 31.3 Å². The second-order valence-corrected chi connectivity index (χ2v) is 12.6. The summed E-state index contributed by atoms with van der Waals surface area (Å²) in [6, 6.07) is 17.3. The van der Waals surface area contributed by atoms with E-state index in [0.29, 0.717) is 4.90 Å². The van der Waals surface area contributed by atoms with Gasteiger partial charge in [0.1, 0.15) is 0 Å². The van der Waals surface area contributed by atoms with E-state index in [2.05, 4.69) is 33.4 Å². The van der Waals surface area contributed by atoms with Gasteiger partial charge in [0.15, 0.2) is 0 Å². The fraction of sp³-hybridized carbons (Fsp3) is 0.217. The van der Waals surface area contributed by atoms with Crippen molar-refractivity contribution in [2.75, 3.05) is 42.8 Å². The summed E-state index contributed by atoms with van der Waals surface area (Å²) in [6.45, 7) is 3.13. The van der Waals surface area contributed by atoms with Crippen LogP contribution in [0.3, 0.4) is 0 Å². The number of morpholine rings is 1. The Hall–Kier alpha value is -2.43. The number of rotatable bonds is 5. The van der Waals surface area contributed by atoms with E-state index in [0.717, 1.165) is 60.3 Å². The van der Waals surface area contributed by atoms with Crippen LogP contribution in [0.25, 0.3) is 0 Å². The van der Waals surface area contributed by atoms with E-state index in [4.69, 9.17) is 7.95 Å². The third kappa shape index (κ3) is 4.53. The fourth-order valence-corrected chi connectivity index (χ4v) is 7.19. The number of nitrogens with zero attached hydrogens (tertiary/aromatic N) is 3. The molecule has 162 valence electrons. The topological polar surface area (TPSA) is 83.9 Å². The third-order valence-corrected chi connectivity index (χ3v) is 9.47. The predicted octanol–water partition coefficient (Wildman–Crippen LogP) is 2.16. The molecule has 0 unspecified atom stereocenters. The minimum absolute atomic E-state index is 0.299. The molecule has 7 nitrogen and oxygen atoms in total. The molecule has 0 aliphatic carbocycles. The summed E-state index contributed by atoms with van der Waals surface area (Å²) in [5.74, 6) is 0.958. The molecule has 1 N–H and O–H groups in total. The van der Waals surface area contributed by atoms with Crippen LogP contribution < -0.4 is 13.8 Å². The zero-order valence-electron chi connectivity index (χ0n) is 17.6. The van der Waals surface area contributed by atoms with Crippen molar-refractivity contribution in [3.8, 4) is 0 Å². The average molecular weight is 553 g/mol. The van der Waals surface area contributed by atoms with Crippen LogP contribution >= 0.6 is 0 Å². The molecule has 3 aromatic rings. The number of anilines is 3. The van der Waals surface area contributed by atoms with Crippen molar-refractivity contribution in [3.05, 3.63) is 71.9 Å². The van der Waals surface area contributed by atoms with Crippen LogP contribution in [-0.2, 0) is 14.6 Å². The van der Waals surface area contributed by atoms with Gasteiger partial charge in [-0.15, -0.1) is 0 Å². The summed E-state index contributed by atoms with van der Waals surface area (Å²) in [5.41, 5.74) is 4.91. The zero-order valence-corrected chi connectivity index (χ0v) is 21.2. The van der Waals surface area contributed by atoms with Gasteiger partial charge >= 0.3 is 199 Å². The summed E-state index contributed by atoms with van der Waals surface area (Å²) in [6.07, 6.45) is 3.07. The monoisotopic (exact) mass is 554 g/mol. The van der Waals surface area contributed by atoms with Crippen LogP contribution in [0, 0.1) is 0 Å². The van der Waals surface area contributed by atoms with Crippen LogP contribution in [0.15, 0.2) is 68.9 Å². The summed E-state index contributed by atoms with van der Waals surface area (Å²) in [7, 11) is -3.26. The Balaban J connectivity index is 1.42. The number of aromatic nitrogens is 1. The summed E-state index contributed by atoms with van der Waals surface area (Å²) in [4.78, 5) is 7.10. The predicted molar refractivity (Wildman–Crippen MR) is 128 cm³/mol. The van der Waals surface area contributed by atoms with Crippen LogP contribution in [0.4, 0.5) is 17.2 Å². The van der Waals surface area contributed by atoms with Crippen molar-refractivity contribution in [1.82, 2.24) is 4.98 Å². The van der Waals surface area contributed by atoms with Crippen molar-refractivity contribution in [1.29, 1.82) is 0 Å². The maximum atomic E-state index is 11.9. The Morgan fingerprint density at radius 1 is 1.03 bits per heavy atom. The first kappa shape index (κ1) is 21.4. The molecule has 1 saturated heterocycles. The van der Waals surface area contributed by atoms with Crippen LogP contribution in [0.2, 0.25) is 0 Å². The number of nitrogens with one attached hydrogen (secondary N) is 1. The number of pyridine rings is 1. The van der Waals surface area contributed by atoms with Gasteiger partial charge in [-0.1, -0.05) is 0 Å². The molecule has 0 spiro atoms. The summed E-state index contributed by atoms with van der Waals surface area (Å²) in [5, 5.41) is 3.35. The number of fused-ring (bicyclic) bond motifs is 1. The molecule has 3 heterocycles. The molecule has 0 bridgehead atoms. The van der Waals surface area contributed by atoms with E-state index in [1.54, 1.807) is 18.2 Å². The molecule has 0 atom stereocenters. The van der Waals surface area contributed by atoms with Gasteiger partial charge < -0.3 is 0 Å². The zero-order chi connectivity index (χ0) is 22.1. The van der Waals surface area contributed by atoms with Gasteiger partial charge in [0.2, 0.25) is 0 Å². The quantitative estimate of drug-likeness (QED) is 0.488. The Morgan fingerprint density at radius 2 is 1.84 bits per heavy atom. The molecule has 1 fully saturated rings. The van der Waals surface area contributed by atoms with Crippen molar-refractivity contribution in [3.63, 3.8) is 0 Å². The second kappa shape index (κ2) is 8.84. The SMILES string of the molecule is CS(=O)(=O)c1cccc(Nc2cc[c]3c(c2)C(c2ccnc(N4CCOCC4)c2)=[N][Sn]3)c1. The minimum atomic E-state index is -3.26. The normalized spacial score (nSPS) is 15.9. The number of hydrogen-bond donors (Lipinski definition) is 1. The van der Waals surface area contributed by atoms with Crippen LogP contribution in [0.1, 0.15) is 11.1 Å². The molecule has 2 aliphatic heterocycles. The van der Waals surface area contributed by atoms with Gasteiger partial charge in [0.25, 0.3) is 0 Å². The third-order valence-electron chi connectivity index (χ3n) is 5.47. The molecule has 2 aromatic carbocycles. The molecule has 0 saturated carbocycles. The summed E-state index contributed by atoms with van der Waals surface area (Å²) >= 11 is -1.02. The van der Waals surface area contributed by atoms with Gasteiger partial charge in [-0.25, -0.2) is 0 Å². The van der Waals surface area contributed by atoms with Gasteiger partial charge in [0, 0.05) is 0 Å². The molecule has 0 amide bonds. The van der Waals surface area contributed by atoms with E-state index >= 15 is 0 Å². The Labute approximate surface area is 198 Å². The molecular weight excluding hydrogens is 531 g/mol. The molecule has 5 rings (SSSR count). The molecule has 9 heteroatoms. The molecule has 1 aromatic heterocycles. The van der Waals surface area contributed by atoms with Crippen molar-refractivity contribution in [2.24, 2.45) is 3.21 Å². The first-order valence-electron chi connectivity index (χ1n) is 10.3. The van der Waals surface area contributed by atoms with Gasteiger partial charge in [-0.2, -0.15) is 0 Å². The molecule has 2 radical (unpaired) electrons.